The molecule has 82 valence electrons. The lowest BCUT2D eigenvalue weighted by Crippen LogP contribution is -2.36. The maximum atomic E-state index is 9.39. The zero-order valence-corrected chi connectivity index (χ0v) is 8.76. The Morgan fingerprint density at radius 1 is 1.40 bits per heavy atom. The van der Waals surface area contributed by atoms with Crippen LogP contribution >= 0.6 is 0 Å². The normalized spacial score (nSPS) is 18.1. The quantitative estimate of drug-likeness (QED) is 0.741. The Labute approximate surface area is 89.7 Å². The van der Waals surface area contributed by atoms with E-state index in [9.17, 15) is 5.11 Å². The monoisotopic (exact) mass is 207 g/mol. The van der Waals surface area contributed by atoms with Gasteiger partial charge in [0.2, 0.25) is 0 Å². The molecule has 2 rings (SSSR count). The molecule has 0 aromatic carbocycles. The van der Waals surface area contributed by atoms with Gasteiger partial charge in [0.05, 0.1) is 6.10 Å². The molecule has 1 aliphatic rings. The van der Waals surface area contributed by atoms with Crippen LogP contribution in [0.15, 0.2) is 18.3 Å². The molecular formula is C11H17N3O. The zero-order valence-electron chi connectivity index (χ0n) is 8.76. The van der Waals surface area contributed by atoms with E-state index in [1.165, 1.54) is 0 Å². The number of aromatic nitrogens is 1. The zero-order chi connectivity index (χ0) is 10.7. The van der Waals surface area contributed by atoms with Crippen molar-refractivity contribution in [2.75, 3.05) is 18.0 Å². The Hall–Kier alpha value is -1.13. The predicted molar refractivity (Wildman–Crippen MR) is 59.6 cm³/mol. The van der Waals surface area contributed by atoms with Gasteiger partial charge in [0.15, 0.2) is 0 Å². The van der Waals surface area contributed by atoms with Gasteiger partial charge in [-0.3, -0.25) is 0 Å². The molecule has 1 fully saturated rings. The molecule has 1 aliphatic heterocycles. The lowest BCUT2D eigenvalue weighted by Gasteiger charge is -2.30. The number of hydrogen-bond donors (Lipinski definition) is 2. The summed E-state index contributed by atoms with van der Waals surface area (Å²) in [5.74, 6) is 0.985. The lowest BCUT2D eigenvalue weighted by molar-refractivity contribution is 0.145. The highest BCUT2D eigenvalue weighted by atomic mass is 16.3. The SMILES string of the molecule is NCc1ccc(N2CCC(O)CC2)nc1. The van der Waals surface area contributed by atoms with Gasteiger partial charge in [-0.2, -0.15) is 0 Å². The van der Waals surface area contributed by atoms with Crippen molar-refractivity contribution >= 4 is 5.82 Å². The van der Waals surface area contributed by atoms with Crippen LogP contribution in [0.5, 0.6) is 0 Å². The summed E-state index contributed by atoms with van der Waals surface area (Å²) in [6.45, 7) is 2.30. The van der Waals surface area contributed by atoms with Crippen molar-refractivity contribution in [3.05, 3.63) is 23.9 Å². The summed E-state index contributed by atoms with van der Waals surface area (Å²) < 4.78 is 0. The first-order valence-electron chi connectivity index (χ1n) is 5.37. The molecule has 0 amide bonds. The van der Waals surface area contributed by atoms with Crippen molar-refractivity contribution < 1.29 is 5.11 Å². The molecule has 4 nitrogen and oxygen atoms in total. The van der Waals surface area contributed by atoms with E-state index >= 15 is 0 Å². The van der Waals surface area contributed by atoms with E-state index in [0.717, 1.165) is 37.3 Å². The Balaban J connectivity index is 2.03. The molecule has 0 atom stereocenters. The third-order valence-corrected chi connectivity index (χ3v) is 2.83. The van der Waals surface area contributed by atoms with Crippen LogP contribution in [-0.4, -0.2) is 29.3 Å². The van der Waals surface area contributed by atoms with E-state index in [1.54, 1.807) is 0 Å². The third-order valence-electron chi connectivity index (χ3n) is 2.83. The van der Waals surface area contributed by atoms with Crippen LogP contribution in [0.3, 0.4) is 0 Å². The van der Waals surface area contributed by atoms with Gasteiger partial charge in [0.25, 0.3) is 0 Å². The second kappa shape index (κ2) is 4.59. The van der Waals surface area contributed by atoms with E-state index in [0.29, 0.717) is 6.54 Å². The summed E-state index contributed by atoms with van der Waals surface area (Å²) in [6.07, 6.45) is 3.35. The first-order chi connectivity index (χ1) is 7.29. The van der Waals surface area contributed by atoms with Crippen molar-refractivity contribution in [3.63, 3.8) is 0 Å². The summed E-state index contributed by atoms with van der Waals surface area (Å²) in [4.78, 5) is 6.56. The van der Waals surface area contributed by atoms with Gasteiger partial charge in [-0.15, -0.1) is 0 Å². The van der Waals surface area contributed by atoms with Gasteiger partial charge in [0.1, 0.15) is 5.82 Å². The second-order valence-corrected chi connectivity index (χ2v) is 3.95. The minimum Gasteiger partial charge on any atom is -0.393 e. The molecule has 1 aromatic rings. The van der Waals surface area contributed by atoms with Crippen LogP contribution in [0.1, 0.15) is 18.4 Å². The Bertz CT molecular complexity index is 304. The van der Waals surface area contributed by atoms with E-state index in [1.807, 2.05) is 18.3 Å². The summed E-state index contributed by atoms with van der Waals surface area (Å²) in [6, 6.07) is 4.01. The molecule has 0 unspecified atom stereocenters. The molecule has 0 aliphatic carbocycles. The number of piperidine rings is 1. The first-order valence-corrected chi connectivity index (χ1v) is 5.37. The number of rotatable bonds is 2. The predicted octanol–water partition coefficient (Wildman–Crippen LogP) is 0.501. The first kappa shape index (κ1) is 10.4. The Morgan fingerprint density at radius 2 is 2.13 bits per heavy atom. The molecule has 0 spiro atoms. The van der Waals surface area contributed by atoms with Gasteiger partial charge < -0.3 is 15.7 Å². The average molecular weight is 207 g/mol. The average Bonchev–Trinajstić information content (AvgIpc) is 2.30. The highest BCUT2D eigenvalue weighted by Gasteiger charge is 2.17. The van der Waals surface area contributed by atoms with Crippen LogP contribution in [-0.2, 0) is 6.54 Å². The van der Waals surface area contributed by atoms with E-state index < -0.39 is 0 Å². The maximum Gasteiger partial charge on any atom is 0.128 e. The standard InChI is InChI=1S/C11H17N3O/c12-7-9-1-2-11(13-8-9)14-5-3-10(15)4-6-14/h1-2,8,10,15H,3-7,12H2. The fraction of sp³-hybridized carbons (Fsp3) is 0.545. The van der Waals surface area contributed by atoms with Crippen molar-refractivity contribution in [2.45, 2.75) is 25.5 Å². The molecule has 0 saturated carbocycles. The van der Waals surface area contributed by atoms with Gasteiger partial charge in [0, 0.05) is 25.8 Å². The van der Waals surface area contributed by atoms with Crippen LogP contribution in [0.25, 0.3) is 0 Å². The van der Waals surface area contributed by atoms with Crippen molar-refractivity contribution in [2.24, 2.45) is 5.73 Å². The highest BCUT2D eigenvalue weighted by molar-refractivity contribution is 5.39. The molecule has 0 bridgehead atoms. The Morgan fingerprint density at radius 3 is 2.67 bits per heavy atom. The van der Waals surface area contributed by atoms with Gasteiger partial charge in [-0.25, -0.2) is 4.98 Å². The van der Waals surface area contributed by atoms with Gasteiger partial charge in [-0.1, -0.05) is 6.07 Å². The summed E-state index contributed by atoms with van der Waals surface area (Å²) in [7, 11) is 0. The van der Waals surface area contributed by atoms with Gasteiger partial charge in [-0.05, 0) is 24.5 Å². The van der Waals surface area contributed by atoms with Crippen molar-refractivity contribution in [3.8, 4) is 0 Å². The maximum absolute atomic E-state index is 9.39. The molecule has 15 heavy (non-hydrogen) atoms. The fourth-order valence-corrected chi connectivity index (χ4v) is 1.82. The van der Waals surface area contributed by atoms with E-state index in [2.05, 4.69) is 9.88 Å². The number of nitrogens with two attached hydrogens (primary N) is 1. The summed E-state index contributed by atoms with van der Waals surface area (Å²) in [5.41, 5.74) is 6.56. The molecule has 1 aromatic heterocycles. The number of hydrogen-bond acceptors (Lipinski definition) is 4. The molecule has 3 N–H and O–H groups in total. The van der Waals surface area contributed by atoms with Crippen molar-refractivity contribution in [1.29, 1.82) is 0 Å². The molecule has 4 heteroatoms. The van der Waals surface area contributed by atoms with Crippen LogP contribution in [0.2, 0.25) is 0 Å². The number of anilines is 1. The van der Waals surface area contributed by atoms with E-state index in [-0.39, 0.29) is 6.10 Å². The number of aliphatic hydroxyl groups is 1. The second-order valence-electron chi connectivity index (χ2n) is 3.95. The van der Waals surface area contributed by atoms with Crippen LogP contribution in [0, 0.1) is 0 Å². The van der Waals surface area contributed by atoms with E-state index in [4.69, 9.17) is 5.73 Å². The van der Waals surface area contributed by atoms with Crippen LogP contribution in [0.4, 0.5) is 5.82 Å². The fourth-order valence-electron chi connectivity index (χ4n) is 1.82. The van der Waals surface area contributed by atoms with Crippen molar-refractivity contribution in [1.82, 2.24) is 4.98 Å². The minimum absolute atomic E-state index is 0.135. The topological polar surface area (TPSA) is 62.4 Å². The smallest absolute Gasteiger partial charge is 0.128 e. The summed E-state index contributed by atoms with van der Waals surface area (Å²) >= 11 is 0. The number of nitrogens with zero attached hydrogens (tertiary/aromatic N) is 2. The minimum atomic E-state index is -0.135. The third kappa shape index (κ3) is 2.46. The van der Waals surface area contributed by atoms with Crippen LogP contribution < -0.4 is 10.6 Å². The molecule has 2 heterocycles. The highest BCUT2D eigenvalue weighted by Crippen LogP contribution is 2.17. The summed E-state index contributed by atoms with van der Waals surface area (Å²) in [5, 5.41) is 9.39. The Kier molecular flexibility index (Phi) is 3.18. The van der Waals surface area contributed by atoms with Gasteiger partial charge >= 0.3 is 0 Å². The molecule has 1 saturated heterocycles. The molecule has 0 radical (unpaired) electrons. The lowest BCUT2D eigenvalue weighted by atomic mass is 10.1. The number of pyridine rings is 1. The largest absolute Gasteiger partial charge is 0.393 e. The number of aliphatic hydroxyl groups excluding tert-OH is 1. The molecular weight excluding hydrogens is 190 g/mol.